The summed E-state index contributed by atoms with van der Waals surface area (Å²) in [4.78, 5) is 14.3. The lowest BCUT2D eigenvalue weighted by molar-refractivity contribution is -0.111. The van der Waals surface area contributed by atoms with E-state index in [-0.39, 0.29) is 11.7 Å². The molecule has 3 aromatic rings. The van der Waals surface area contributed by atoms with E-state index in [1.807, 2.05) is 39.9 Å². The zero-order valence-electron chi connectivity index (χ0n) is 17.1. The summed E-state index contributed by atoms with van der Waals surface area (Å²) in [6, 6.07) is 14.7. The Balaban J connectivity index is 1.46. The first-order chi connectivity index (χ1) is 15.2. The Morgan fingerprint density at radius 1 is 1.23 bits per heavy atom. The topological polar surface area (TPSA) is 70.3 Å². The van der Waals surface area contributed by atoms with E-state index >= 15 is 0 Å². The number of carbonyl (C=O) groups is 1. The second kappa shape index (κ2) is 9.45. The van der Waals surface area contributed by atoms with Crippen LogP contribution in [0.4, 0.5) is 15.8 Å². The van der Waals surface area contributed by atoms with Crippen LogP contribution in [0.5, 0.6) is 0 Å². The van der Waals surface area contributed by atoms with Gasteiger partial charge < -0.3 is 19.5 Å². The monoisotopic (exact) mass is 418 g/mol. The third-order valence-corrected chi connectivity index (χ3v) is 5.27. The molecule has 1 fully saturated rings. The van der Waals surface area contributed by atoms with E-state index in [9.17, 15) is 9.18 Å². The molecule has 7 heteroatoms. The number of hydrogen-bond acceptors (Lipinski definition) is 4. The number of amides is 1. The molecule has 0 bridgehead atoms. The molecule has 0 aliphatic carbocycles. The van der Waals surface area contributed by atoms with E-state index in [1.165, 1.54) is 12.1 Å². The van der Waals surface area contributed by atoms with Crippen molar-refractivity contribution in [2.75, 3.05) is 36.5 Å². The molecule has 1 amide bonds. The number of aromatic nitrogens is 1. The summed E-state index contributed by atoms with van der Waals surface area (Å²) in [6.45, 7) is 3.04. The molecule has 2 heterocycles. The van der Waals surface area contributed by atoms with E-state index in [0.717, 1.165) is 16.5 Å². The van der Waals surface area contributed by atoms with Crippen molar-refractivity contribution < 1.29 is 13.9 Å². The van der Waals surface area contributed by atoms with E-state index < -0.39 is 0 Å². The number of ether oxygens (including phenoxy) is 1. The van der Waals surface area contributed by atoms with Crippen molar-refractivity contribution in [3.05, 3.63) is 66.1 Å². The van der Waals surface area contributed by atoms with Crippen LogP contribution < -0.4 is 10.2 Å². The molecular formula is C24H23FN4O2. The highest BCUT2D eigenvalue weighted by atomic mass is 19.1. The van der Waals surface area contributed by atoms with Crippen molar-refractivity contribution in [2.45, 2.75) is 13.0 Å². The zero-order chi connectivity index (χ0) is 21.6. The van der Waals surface area contributed by atoms with Crippen LogP contribution in [0.1, 0.15) is 12.0 Å². The predicted molar refractivity (Wildman–Crippen MR) is 119 cm³/mol. The van der Waals surface area contributed by atoms with Crippen LogP contribution in [0, 0.1) is 17.1 Å². The summed E-state index contributed by atoms with van der Waals surface area (Å²) in [5.74, 6) is -0.711. The molecule has 0 unspecified atom stereocenters. The molecule has 1 aromatic heterocycles. The van der Waals surface area contributed by atoms with E-state index in [2.05, 4.69) is 11.4 Å². The van der Waals surface area contributed by atoms with Crippen molar-refractivity contribution in [1.82, 2.24) is 4.57 Å². The molecule has 4 rings (SSSR count). The summed E-state index contributed by atoms with van der Waals surface area (Å²) < 4.78 is 21.9. The standard InChI is InChI=1S/C24H23FN4O2/c25-21-16-19(7-8-23(21)28-12-14-31-15-13-28)27-24(30)9-6-18-17-29(11-3-10-26)22-5-2-1-4-20(18)22/h1-2,4-9,16-17H,3,11-15H2,(H,27,30)/b9-6+. The number of nitriles is 1. The quantitative estimate of drug-likeness (QED) is 0.610. The Morgan fingerprint density at radius 2 is 2.03 bits per heavy atom. The number of fused-ring (bicyclic) bond motifs is 1. The molecule has 1 aliphatic rings. The molecule has 6 nitrogen and oxygen atoms in total. The van der Waals surface area contributed by atoms with Gasteiger partial charge in [0, 0.05) is 54.1 Å². The summed E-state index contributed by atoms with van der Waals surface area (Å²) >= 11 is 0. The number of nitrogens with zero attached hydrogens (tertiary/aromatic N) is 3. The van der Waals surface area contributed by atoms with Crippen LogP contribution >= 0.6 is 0 Å². The summed E-state index contributed by atoms with van der Waals surface area (Å²) in [6.07, 6.45) is 5.51. The van der Waals surface area contributed by atoms with Gasteiger partial charge in [-0.05, 0) is 30.3 Å². The number of hydrogen-bond donors (Lipinski definition) is 1. The summed E-state index contributed by atoms with van der Waals surface area (Å²) in [7, 11) is 0. The van der Waals surface area contributed by atoms with Gasteiger partial charge in [-0.15, -0.1) is 0 Å². The number of nitrogens with one attached hydrogen (secondary N) is 1. The number of benzene rings is 2. The van der Waals surface area contributed by atoms with Gasteiger partial charge in [0.05, 0.1) is 31.4 Å². The molecule has 31 heavy (non-hydrogen) atoms. The second-order valence-electron chi connectivity index (χ2n) is 7.29. The van der Waals surface area contributed by atoms with Crippen LogP contribution in [0.2, 0.25) is 0 Å². The minimum atomic E-state index is -0.371. The molecular weight excluding hydrogens is 395 g/mol. The Labute approximate surface area is 180 Å². The molecule has 1 saturated heterocycles. The second-order valence-corrected chi connectivity index (χ2v) is 7.29. The van der Waals surface area contributed by atoms with Gasteiger partial charge in [-0.25, -0.2) is 4.39 Å². The lowest BCUT2D eigenvalue weighted by Crippen LogP contribution is -2.36. The maximum Gasteiger partial charge on any atom is 0.248 e. The fourth-order valence-corrected chi connectivity index (χ4v) is 3.76. The highest BCUT2D eigenvalue weighted by molar-refractivity contribution is 6.03. The van der Waals surface area contributed by atoms with Gasteiger partial charge in [0.15, 0.2) is 0 Å². The van der Waals surface area contributed by atoms with Crippen LogP contribution in [0.15, 0.2) is 54.7 Å². The zero-order valence-corrected chi connectivity index (χ0v) is 17.1. The molecule has 158 valence electrons. The molecule has 1 N–H and O–H groups in total. The third-order valence-electron chi connectivity index (χ3n) is 5.27. The normalized spacial score (nSPS) is 14.1. The Kier molecular flexibility index (Phi) is 6.29. The highest BCUT2D eigenvalue weighted by Crippen LogP contribution is 2.25. The maximum atomic E-state index is 14.5. The van der Waals surface area contributed by atoms with Crippen molar-refractivity contribution >= 4 is 34.3 Å². The fourth-order valence-electron chi connectivity index (χ4n) is 3.76. The molecule has 2 aromatic carbocycles. The number of para-hydroxylation sites is 1. The fraction of sp³-hybridized carbons (Fsp3) is 0.250. The molecule has 0 saturated carbocycles. The first-order valence-electron chi connectivity index (χ1n) is 10.2. The van der Waals surface area contributed by atoms with Gasteiger partial charge in [-0.2, -0.15) is 5.26 Å². The van der Waals surface area contributed by atoms with Crippen LogP contribution in [-0.2, 0) is 16.1 Å². The van der Waals surface area contributed by atoms with Crippen molar-refractivity contribution in [1.29, 1.82) is 5.26 Å². The lowest BCUT2D eigenvalue weighted by Gasteiger charge is -2.29. The Morgan fingerprint density at radius 3 is 2.81 bits per heavy atom. The number of aryl methyl sites for hydroxylation is 1. The van der Waals surface area contributed by atoms with Crippen molar-refractivity contribution in [2.24, 2.45) is 0 Å². The first-order valence-corrected chi connectivity index (χ1v) is 10.2. The van der Waals surface area contributed by atoms with E-state index in [4.69, 9.17) is 10.00 Å². The largest absolute Gasteiger partial charge is 0.378 e. The minimum Gasteiger partial charge on any atom is -0.378 e. The summed E-state index contributed by atoms with van der Waals surface area (Å²) in [5.41, 5.74) is 2.82. The van der Waals surface area contributed by atoms with Crippen LogP contribution in [0.3, 0.4) is 0 Å². The van der Waals surface area contributed by atoms with Gasteiger partial charge in [0.1, 0.15) is 5.82 Å². The molecule has 0 radical (unpaired) electrons. The van der Waals surface area contributed by atoms with Crippen LogP contribution in [0.25, 0.3) is 17.0 Å². The average Bonchev–Trinajstić information content (AvgIpc) is 3.15. The number of rotatable bonds is 6. The van der Waals surface area contributed by atoms with E-state index in [0.29, 0.717) is 50.6 Å². The smallest absolute Gasteiger partial charge is 0.248 e. The number of anilines is 2. The van der Waals surface area contributed by atoms with Gasteiger partial charge >= 0.3 is 0 Å². The first kappa shape index (κ1) is 20.6. The SMILES string of the molecule is N#CCCn1cc(/C=C/C(=O)Nc2ccc(N3CCOCC3)c(F)c2)c2ccccc21. The number of halogens is 1. The maximum absolute atomic E-state index is 14.5. The van der Waals surface area contributed by atoms with Crippen LogP contribution in [-0.4, -0.2) is 36.8 Å². The van der Waals surface area contributed by atoms with Gasteiger partial charge in [-0.3, -0.25) is 4.79 Å². The van der Waals surface area contributed by atoms with Gasteiger partial charge in [-0.1, -0.05) is 18.2 Å². The molecule has 1 aliphatic heterocycles. The van der Waals surface area contributed by atoms with Crippen molar-refractivity contribution in [3.8, 4) is 6.07 Å². The lowest BCUT2D eigenvalue weighted by atomic mass is 10.1. The van der Waals surface area contributed by atoms with Gasteiger partial charge in [0.2, 0.25) is 5.91 Å². The van der Waals surface area contributed by atoms with Gasteiger partial charge in [0.25, 0.3) is 0 Å². The Bertz CT molecular complexity index is 1160. The van der Waals surface area contributed by atoms with E-state index in [1.54, 1.807) is 18.2 Å². The molecule has 0 atom stereocenters. The number of morpholine rings is 1. The number of carbonyl (C=O) groups excluding carboxylic acids is 1. The third kappa shape index (κ3) is 4.76. The minimum absolute atomic E-state index is 0.340. The highest BCUT2D eigenvalue weighted by Gasteiger charge is 2.15. The predicted octanol–water partition coefficient (Wildman–Crippen LogP) is 4.18. The van der Waals surface area contributed by atoms with Crippen molar-refractivity contribution in [3.63, 3.8) is 0 Å². The Hall–Kier alpha value is -3.63. The molecule has 0 spiro atoms. The summed E-state index contributed by atoms with van der Waals surface area (Å²) in [5, 5.41) is 12.6. The average molecular weight is 418 g/mol.